The minimum absolute atomic E-state index is 0.0383. The van der Waals surface area contributed by atoms with Crippen molar-refractivity contribution in [1.29, 1.82) is 0 Å². The summed E-state index contributed by atoms with van der Waals surface area (Å²) >= 11 is 0. The van der Waals surface area contributed by atoms with E-state index in [-0.39, 0.29) is 25.0 Å². The van der Waals surface area contributed by atoms with Crippen molar-refractivity contribution in [3.63, 3.8) is 0 Å². The molecule has 166 valence electrons. The lowest BCUT2D eigenvalue weighted by Crippen LogP contribution is -2.32. The van der Waals surface area contributed by atoms with Gasteiger partial charge in [-0.25, -0.2) is 9.78 Å². The molecule has 1 aromatic heterocycles. The summed E-state index contributed by atoms with van der Waals surface area (Å²) in [7, 11) is 1.36. The molecule has 7 nitrogen and oxygen atoms in total. The fourth-order valence-corrected chi connectivity index (χ4v) is 4.20. The Morgan fingerprint density at radius 3 is 2.61 bits per heavy atom. The number of anilines is 1. The zero-order valence-corrected chi connectivity index (χ0v) is 18.2. The number of rotatable bonds is 6. The minimum Gasteiger partial charge on any atom is -0.486 e. The van der Waals surface area contributed by atoms with Gasteiger partial charge < -0.3 is 18.9 Å². The van der Waals surface area contributed by atoms with E-state index < -0.39 is 0 Å². The predicted molar refractivity (Wildman–Crippen MR) is 124 cm³/mol. The molecule has 7 heteroatoms. The number of imidazole rings is 1. The summed E-state index contributed by atoms with van der Waals surface area (Å²) in [6.45, 7) is 0.971. The number of ether oxygens (including phenoxy) is 2. The van der Waals surface area contributed by atoms with E-state index in [1.54, 1.807) is 17.0 Å². The van der Waals surface area contributed by atoms with Crippen LogP contribution in [0.5, 0.6) is 5.75 Å². The highest BCUT2D eigenvalue weighted by molar-refractivity contribution is 5.97. The molecule has 3 aromatic carbocycles. The Hall–Kier alpha value is -4.13. The maximum atomic E-state index is 13.4. The molecule has 0 fully saturated rings. The van der Waals surface area contributed by atoms with Crippen LogP contribution in [-0.2, 0) is 29.1 Å². The fourth-order valence-electron chi connectivity index (χ4n) is 4.20. The summed E-state index contributed by atoms with van der Waals surface area (Å²) in [6, 6.07) is 22.6. The van der Waals surface area contributed by atoms with Gasteiger partial charge in [0.05, 0.1) is 23.7 Å². The van der Waals surface area contributed by atoms with Gasteiger partial charge in [0.1, 0.15) is 24.7 Å². The number of hydrogen-bond acceptors (Lipinski definition) is 5. The van der Waals surface area contributed by atoms with Gasteiger partial charge in [-0.05, 0) is 54.4 Å². The van der Waals surface area contributed by atoms with Crippen LogP contribution in [0.25, 0.3) is 11.0 Å². The van der Waals surface area contributed by atoms with E-state index in [1.165, 1.54) is 7.11 Å². The van der Waals surface area contributed by atoms with Crippen molar-refractivity contribution in [2.24, 2.45) is 0 Å². The van der Waals surface area contributed by atoms with Crippen molar-refractivity contribution < 1.29 is 19.1 Å². The Kier molecular flexibility index (Phi) is 5.52. The monoisotopic (exact) mass is 441 g/mol. The molecule has 0 spiro atoms. The van der Waals surface area contributed by atoms with Crippen LogP contribution in [0.4, 0.5) is 5.69 Å². The lowest BCUT2D eigenvalue weighted by molar-refractivity contribution is -0.119. The molecule has 0 aliphatic carbocycles. The van der Waals surface area contributed by atoms with Crippen molar-refractivity contribution in [2.45, 2.75) is 19.6 Å². The lowest BCUT2D eigenvalue weighted by Gasteiger charge is -2.19. The average Bonchev–Trinajstić information content (AvgIpc) is 3.44. The highest BCUT2D eigenvalue weighted by atomic mass is 16.5. The predicted octanol–water partition coefficient (Wildman–Crippen LogP) is 3.99. The number of methoxy groups -OCH3 is 1. The molecule has 0 bridgehead atoms. The molecule has 1 amide bonds. The van der Waals surface area contributed by atoms with Crippen molar-refractivity contribution >= 4 is 28.6 Å². The van der Waals surface area contributed by atoms with E-state index in [0.29, 0.717) is 24.4 Å². The number of carbonyl (C=O) groups excluding carboxylic acids is 2. The zero-order chi connectivity index (χ0) is 22.8. The number of nitrogens with zero attached hydrogens (tertiary/aromatic N) is 3. The first kappa shape index (κ1) is 20.8. The molecular formula is C26H23N3O4. The number of esters is 1. The summed E-state index contributed by atoms with van der Waals surface area (Å²) in [5.41, 5.74) is 4.00. The van der Waals surface area contributed by atoms with Crippen LogP contribution in [0.1, 0.15) is 21.7 Å². The minimum atomic E-state index is -0.379. The topological polar surface area (TPSA) is 73.7 Å². The molecule has 33 heavy (non-hydrogen) atoms. The molecule has 0 unspecified atom stereocenters. The van der Waals surface area contributed by atoms with Gasteiger partial charge in [0.2, 0.25) is 5.91 Å². The zero-order valence-electron chi connectivity index (χ0n) is 18.2. The first-order valence-corrected chi connectivity index (χ1v) is 10.8. The normalized spacial score (nSPS) is 12.6. The van der Waals surface area contributed by atoms with Gasteiger partial charge in [0, 0.05) is 12.2 Å². The Labute approximate surface area is 191 Å². The third kappa shape index (κ3) is 4.05. The maximum Gasteiger partial charge on any atom is 0.337 e. The Balaban J connectivity index is 1.40. The molecule has 2 heterocycles. The van der Waals surface area contributed by atoms with Gasteiger partial charge in [-0.1, -0.05) is 30.3 Å². The number of hydrogen-bond donors (Lipinski definition) is 0. The molecule has 0 atom stereocenters. The first-order chi connectivity index (χ1) is 16.1. The highest BCUT2D eigenvalue weighted by Crippen LogP contribution is 2.30. The molecule has 5 rings (SSSR count). The summed E-state index contributed by atoms with van der Waals surface area (Å²) in [5, 5.41) is 0. The second-order valence-electron chi connectivity index (χ2n) is 7.84. The second kappa shape index (κ2) is 8.78. The summed E-state index contributed by atoms with van der Waals surface area (Å²) in [5.74, 6) is 1.02. The molecule has 0 N–H and O–H groups in total. The van der Waals surface area contributed by atoms with Crippen LogP contribution in [0.15, 0.2) is 72.8 Å². The summed E-state index contributed by atoms with van der Waals surface area (Å²) in [4.78, 5) is 31.7. The number of aromatic nitrogens is 2. The molecule has 0 saturated carbocycles. The van der Waals surface area contributed by atoms with Crippen LogP contribution in [0, 0.1) is 0 Å². The quantitative estimate of drug-likeness (QED) is 0.423. The van der Waals surface area contributed by atoms with E-state index >= 15 is 0 Å². The Bertz CT molecular complexity index is 1330. The van der Waals surface area contributed by atoms with Crippen molar-refractivity contribution in [2.75, 3.05) is 18.6 Å². The van der Waals surface area contributed by atoms with E-state index in [4.69, 9.17) is 14.5 Å². The summed E-state index contributed by atoms with van der Waals surface area (Å²) in [6.07, 6.45) is 0.695. The van der Waals surface area contributed by atoms with E-state index in [0.717, 1.165) is 28.0 Å². The highest BCUT2D eigenvalue weighted by Gasteiger charge is 2.27. The van der Waals surface area contributed by atoms with Gasteiger partial charge >= 0.3 is 5.97 Å². The lowest BCUT2D eigenvalue weighted by atomic mass is 10.1. The van der Waals surface area contributed by atoms with Crippen LogP contribution in [0.2, 0.25) is 0 Å². The molecular weight excluding hydrogens is 418 g/mol. The largest absolute Gasteiger partial charge is 0.486 e. The first-order valence-electron chi connectivity index (χ1n) is 10.8. The standard InChI is InChI=1S/C26H23N3O4/c1-32-26(31)19-11-12-22-18(15-19)13-14-28(22)25(30)16-29-23-10-6-5-9-21(23)27-24(29)17-33-20-7-3-2-4-8-20/h2-12,15H,13-14,16-17H2,1H3. The van der Waals surface area contributed by atoms with E-state index in [9.17, 15) is 9.59 Å². The van der Waals surface area contributed by atoms with Crippen LogP contribution >= 0.6 is 0 Å². The summed E-state index contributed by atoms with van der Waals surface area (Å²) < 4.78 is 12.6. The maximum absolute atomic E-state index is 13.4. The number of benzene rings is 3. The van der Waals surface area contributed by atoms with Crippen molar-refractivity contribution in [1.82, 2.24) is 9.55 Å². The van der Waals surface area contributed by atoms with Crippen LogP contribution < -0.4 is 9.64 Å². The molecule has 0 saturated heterocycles. The van der Waals surface area contributed by atoms with E-state index in [2.05, 4.69) is 0 Å². The molecule has 4 aromatic rings. The van der Waals surface area contributed by atoms with Gasteiger partial charge in [0.15, 0.2) is 0 Å². The number of fused-ring (bicyclic) bond motifs is 2. The van der Waals surface area contributed by atoms with Crippen LogP contribution in [-0.4, -0.2) is 35.1 Å². The third-order valence-corrected chi connectivity index (χ3v) is 5.84. The number of carbonyl (C=O) groups is 2. The van der Waals surface area contributed by atoms with Gasteiger partial charge in [-0.3, -0.25) is 4.79 Å². The van der Waals surface area contributed by atoms with Gasteiger partial charge in [0.25, 0.3) is 0 Å². The van der Waals surface area contributed by atoms with Crippen molar-refractivity contribution in [3.05, 3.63) is 89.7 Å². The average molecular weight is 441 g/mol. The third-order valence-electron chi connectivity index (χ3n) is 5.84. The molecule has 1 aliphatic rings. The number of amides is 1. The smallest absolute Gasteiger partial charge is 0.337 e. The molecule has 1 aliphatic heterocycles. The van der Waals surface area contributed by atoms with Crippen LogP contribution in [0.3, 0.4) is 0 Å². The second-order valence-corrected chi connectivity index (χ2v) is 7.84. The van der Waals surface area contributed by atoms with E-state index in [1.807, 2.05) is 65.2 Å². The number of para-hydroxylation sites is 3. The fraction of sp³-hybridized carbons (Fsp3) is 0.192. The SMILES string of the molecule is COC(=O)c1ccc2c(c1)CCN2C(=O)Cn1c(COc2ccccc2)nc2ccccc21. The van der Waals surface area contributed by atoms with Gasteiger partial charge in [-0.2, -0.15) is 0 Å². The molecule has 0 radical (unpaired) electrons. The Morgan fingerprint density at radius 2 is 1.79 bits per heavy atom. The van der Waals surface area contributed by atoms with Gasteiger partial charge in [-0.15, -0.1) is 0 Å². The Morgan fingerprint density at radius 1 is 1.00 bits per heavy atom. The van der Waals surface area contributed by atoms with Crippen molar-refractivity contribution in [3.8, 4) is 5.75 Å².